The highest BCUT2D eigenvalue weighted by Gasteiger charge is 2.49. The van der Waals surface area contributed by atoms with E-state index < -0.39 is 0 Å². The minimum Gasteiger partial charge on any atom is -0.337 e. The summed E-state index contributed by atoms with van der Waals surface area (Å²) >= 11 is 0. The van der Waals surface area contributed by atoms with E-state index in [9.17, 15) is 9.59 Å². The van der Waals surface area contributed by atoms with E-state index in [0.717, 1.165) is 0 Å². The van der Waals surface area contributed by atoms with Crippen molar-refractivity contribution in [3.8, 4) is 0 Å². The van der Waals surface area contributed by atoms with Crippen molar-refractivity contribution in [3.05, 3.63) is 59.4 Å². The van der Waals surface area contributed by atoms with Gasteiger partial charge in [-0.3, -0.25) is 9.59 Å². The molecule has 1 aromatic carbocycles. The Morgan fingerprint density at radius 1 is 1.08 bits per heavy atom. The summed E-state index contributed by atoms with van der Waals surface area (Å²) in [6.07, 6.45) is 1.56. The van der Waals surface area contributed by atoms with Crippen LogP contribution in [0.1, 0.15) is 34.6 Å². The number of hydrogen-bond donors (Lipinski definition) is 0. The second-order valence-electron chi connectivity index (χ2n) is 7.22. The molecule has 2 aromatic rings. The van der Waals surface area contributed by atoms with Crippen molar-refractivity contribution < 1.29 is 9.59 Å². The van der Waals surface area contributed by atoms with Gasteiger partial charge < -0.3 is 9.80 Å². The zero-order valence-corrected chi connectivity index (χ0v) is 15.0. The molecule has 2 aliphatic rings. The number of carbonyl (C=O) groups is 2. The van der Waals surface area contributed by atoms with Crippen LogP contribution in [0.4, 0.5) is 0 Å². The molecule has 1 aromatic heterocycles. The average molecular weight is 350 g/mol. The van der Waals surface area contributed by atoms with Crippen molar-refractivity contribution in [2.24, 2.45) is 11.8 Å². The summed E-state index contributed by atoms with van der Waals surface area (Å²) < 4.78 is 0. The van der Waals surface area contributed by atoms with Crippen molar-refractivity contribution in [2.45, 2.75) is 19.9 Å². The summed E-state index contributed by atoms with van der Waals surface area (Å²) in [7, 11) is 0. The zero-order valence-electron chi connectivity index (χ0n) is 15.0. The van der Waals surface area contributed by atoms with Gasteiger partial charge in [0.05, 0.1) is 6.04 Å². The van der Waals surface area contributed by atoms with Crippen molar-refractivity contribution in [1.82, 2.24) is 20.0 Å². The molecular formula is C20H22N4O2. The first kappa shape index (κ1) is 16.7. The van der Waals surface area contributed by atoms with E-state index in [1.54, 1.807) is 25.3 Å². The second-order valence-corrected chi connectivity index (χ2v) is 7.22. The molecule has 134 valence electrons. The molecule has 2 aliphatic heterocycles. The van der Waals surface area contributed by atoms with Crippen LogP contribution in [-0.2, 0) is 4.79 Å². The largest absolute Gasteiger partial charge is 0.337 e. The van der Waals surface area contributed by atoms with Gasteiger partial charge in [0.2, 0.25) is 5.91 Å². The molecule has 3 heterocycles. The standard InChI is InChI=1S/C20H22N4O2/c1-13-6-3-4-7-16(13)19-17-12-23(10-15(17)11-24(19)14(2)25)20(26)18-8-5-9-21-22-18/h3-9,15,17,19H,10-12H2,1-2H3/t15-,17-,19+/m1/s1. The van der Waals surface area contributed by atoms with Crippen LogP contribution >= 0.6 is 0 Å². The third-order valence-corrected chi connectivity index (χ3v) is 5.65. The first-order valence-corrected chi connectivity index (χ1v) is 8.96. The highest BCUT2D eigenvalue weighted by atomic mass is 16.2. The first-order chi connectivity index (χ1) is 12.6. The van der Waals surface area contributed by atoms with E-state index in [4.69, 9.17) is 0 Å². The number of aryl methyl sites for hydroxylation is 1. The summed E-state index contributed by atoms with van der Waals surface area (Å²) in [4.78, 5) is 28.8. The maximum Gasteiger partial charge on any atom is 0.274 e. The van der Waals surface area contributed by atoms with Gasteiger partial charge in [-0.05, 0) is 30.2 Å². The molecule has 6 heteroatoms. The molecule has 2 saturated heterocycles. The fourth-order valence-corrected chi connectivity index (χ4v) is 4.43. The highest BCUT2D eigenvalue weighted by molar-refractivity contribution is 5.92. The summed E-state index contributed by atoms with van der Waals surface area (Å²) in [6, 6.07) is 11.7. The molecule has 26 heavy (non-hydrogen) atoms. The van der Waals surface area contributed by atoms with E-state index >= 15 is 0 Å². The monoisotopic (exact) mass is 350 g/mol. The number of fused-ring (bicyclic) bond motifs is 1. The number of aromatic nitrogens is 2. The smallest absolute Gasteiger partial charge is 0.274 e. The Morgan fingerprint density at radius 3 is 2.58 bits per heavy atom. The third-order valence-electron chi connectivity index (χ3n) is 5.65. The van der Waals surface area contributed by atoms with Crippen LogP contribution < -0.4 is 0 Å². The van der Waals surface area contributed by atoms with Gasteiger partial charge in [-0.25, -0.2) is 0 Å². The number of carbonyl (C=O) groups excluding carboxylic acids is 2. The fourth-order valence-electron chi connectivity index (χ4n) is 4.43. The van der Waals surface area contributed by atoms with Crippen LogP contribution in [0.5, 0.6) is 0 Å². The fraction of sp³-hybridized carbons (Fsp3) is 0.400. The third kappa shape index (κ3) is 2.75. The van der Waals surface area contributed by atoms with E-state index in [1.807, 2.05) is 21.9 Å². The van der Waals surface area contributed by atoms with E-state index in [0.29, 0.717) is 31.2 Å². The van der Waals surface area contributed by atoms with Crippen LogP contribution in [0.3, 0.4) is 0 Å². The van der Waals surface area contributed by atoms with Crippen LogP contribution in [0, 0.1) is 18.8 Å². The Morgan fingerprint density at radius 2 is 1.88 bits per heavy atom. The Kier molecular flexibility index (Phi) is 4.18. The van der Waals surface area contributed by atoms with E-state index in [2.05, 4.69) is 29.3 Å². The lowest BCUT2D eigenvalue weighted by Gasteiger charge is -2.30. The molecule has 2 fully saturated rings. The van der Waals surface area contributed by atoms with Gasteiger partial charge >= 0.3 is 0 Å². The normalized spacial score (nSPS) is 24.6. The molecule has 0 saturated carbocycles. The molecule has 0 N–H and O–H groups in total. The summed E-state index contributed by atoms with van der Waals surface area (Å²) in [5.74, 6) is 0.564. The van der Waals surface area contributed by atoms with Gasteiger partial charge in [-0.1, -0.05) is 24.3 Å². The van der Waals surface area contributed by atoms with E-state index in [-0.39, 0.29) is 23.8 Å². The minimum absolute atomic E-state index is 0.0263. The van der Waals surface area contributed by atoms with Gasteiger partial charge in [0, 0.05) is 44.6 Å². The SMILES string of the molecule is CC(=O)N1C[C@H]2CN(C(=O)c3cccnn3)C[C@H]2[C@@H]1c1ccccc1C. The van der Waals surface area contributed by atoms with Gasteiger partial charge in [0.1, 0.15) is 0 Å². The Hall–Kier alpha value is -2.76. The van der Waals surface area contributed by atoms with Crippen LogP contribution in [-0.4, -0.2) is 51.4 Å². The summed E-state index contributed by atoms with van der Waals surface area (Å²) in [6.45, 7) is 5.71. The Bertz CT molecular complexity index is 839. The zero-order chi connectivity index (χ0) is 18.3. The maximum atomic E-state index is 12.7. The van der Waals surface area contributed by atoms with Gasteiger partial charge in [0.15, 0.2) is 5.69 Å². The molecule has 4 rings (SSSR count). The number of benzene rings is 1. The Labute approximate surface area is 152 Å². The minimum atomic E-state index is -0.0783. The van der Waals surface area contributed by atoms with Gasteiger partial charge in [-0.15, -0.1) is 5.10 Å². The Balaban J connectivity index is 1.62. The molecule has 0 radical (unpaired) electrons. The lowest BCUT2D eigenvalue weighted by atomic mass is 9.87. The maximum absolute atomic E-state index is 12.7. The molecule has 0 aliphatic carbocycles. The quantitative estimate of drug-likeness (QED) is 0.832. The van der Waals surface area contributed by atoms with E-state index in [1.165, 1.54) is 11.1 Å². The van der Waals surface area contributed by atoms with Crippen LogP contribution in [0.2, 0.25) is 0 Å². The predicted octanol–water partition coefficient (Wildman–Crippen LogP) is 2.08. The predicted molar refractivity (Wildman–Crippen MR) is 96.2 cm³/mol. The number of rotatable bonds is 2. The first-order valence-electron chi connectivity index (χ1n) is 8.96. The van der Waals surface area contributed by atoms with Crippen molar-refractivity contribution in [3.63, 3.8) is 0 Å². The molecule has 0 unspecified atom stereocenters. The van der Waals surface area contributed by atoms with Crippen LogP contribution in [0.25, 0.3) is 0 Å². The molecule has 0 spiro atoms. The van der Waals surface area contributed by atoms with Crippen molar-refractivity contribution >= 4 is 11.8 Å². The van der Waals surface area contributed by atoms with Gasteiger partial charge in [-0.2, -0.15) is 5.10 Å². The van der Waals surface area contributed by atoms with Crippen LogP contribution in [0.15, 0.2) is 42.6 Å². The molecule has 2 amide bonds. The van der Waals surface area contributed by atoms with Crippen molar-refractivity contribution in [2.75, 3.05) is 19.6 Å². The summed E-state index contributed by atoms with van der Waals surface area (Å²) in [5, 5.41) is 7.75. The summed E-state index contributed by atoms with van der Waals surface area (Å²) in [5.41, 5.74) is 2.75. The van der Waals surface area contributed by atoms with Crippen molar-refractivity contribution in [1.29, 1.82) is 0 Å². The molecule has 0 bridgehead atoms. The lowest BCUT2D eigenvalue weighted by molar-refractivity contribution is -0.130. The lowest BCUT2D eigenvalue weighted by Crippen LogP contribution is -2.37. The number of likely N-dealkylation sites (tertiary alicyclic amines) is 2. The van der Waals surface area contributed by atoms with Gasteiger partial charge in [0.25, 0.3) is 5.91 Å². The number of hydrogen-bond acceptors (Lipinski definition) is 4. The highest BCUT2D eigenvalue weighted by Crippen LogP contribution is 2.45. The average Bonchev–Trinajstić information content (AvgIpc) is 3.20. The topological polar surface area (TPSA) is 66.4 Å². The molecular weight excluding hydrogens is 328 g/mol. The molecule has 6 nitrogen and oxygen atoms in total. The second kappa shape index (κ2) is 6.52. The number of nitrogens with zero attached hydrogens (tertiary/aromatic N) is 4. The number of amides is 2. The molecule has 3 atom stereocenters.